The summed E-state index contributed by atoms with van der Waals surface area (Å²) in [6.45, 7) is 9.46. The van der Waals surface area contributed by atoms with Gasteiger partial charge in [-0.2, -0.15) is 0 Å². The van der Waals surface area contributed by atoms with E-state index in [-0.39, 0.29) is 10.8 Å². The van der Waals surface area contributed by atoms with Crippen molar-refractivity contribution in [1.29, 1.82) is 0 Å². The van der Waals surface area contributed by atoms with Crippen LogP contribution in [0.3, 0.4) is 0 Å². The minimum Gasteiger partial charge on any atom is -0.310 e. The van der Waals surface area contributed by atoms with E-state index in [2.05, 4.69) is 209 Å². The molecular formula is C52H41N. The van der Waals surface area contributed by atoms with Crippen LogP contribution < -0.4 is 4.90 Å². The van der Waals surface area contributed by atoms with Crippen LogP contribution in [0.1, 0.15) is 49.9 Å². The summed E-state index contributed by atoms with van der Waals surface area (Å²) in [6.07, 6.45) is 0. The zero-order valence-electron chi connectivity index (χ0n) is 30.7. The predicted octanol–water partition coefficient (Wildman–Crippen LogP) is 14.3. The first kappa shape index (κ1) is 31.5. The summed E-state index contributed by atoms with van der Waals surface area (Å²) in [7, 11) is 0. The molecule has 8 aromatic carbocycles. The average molecular weight is 680 g/mol. The fraction of sp³-hybridized carbons (Fsp3) is 0.115. The van der Waals surface area contributed by atoms with Gasteiger partial charge in [0.05, 0.1) is 5.69 Å². The van der Waals surface area contributed by atoms with Crippen molar-refractivity contribution in [3.8, 4) is 44.5 Å². The Labute approximate surface area is 312 Å². The molecule has 1 nitrogen and oxygen atoms in total. The quantitative estimate of drug-likeness (QED) is 0.175. The van der Waals surface area contributed by atoms with E-state index in [9.17, 15) is 0 Å². The maximum atomic E-state index is 2.45. The highest BCUT2D eigenvalue weighted by atomic mass is 15.1. The van der Waals surface area contributed by atoms with E-state index < -0.39 is 0 Å². The zero-order chi connectivity index (χ0) is 35.9. The molecule has 0 N–H and O–H groups in total. The smallest absolute Gasteiger partial charge is 0.0540 e. The first-order valence-electron chi connectivity index (χ1n) is 18.8. The van der Waals surface area contributed by atoms with Gasteiger partial charge in [0.2, 0.25) is 0 Å². The van der Waals surface area contributed by atoms with Gasteiger partial charge < -0.3 is 4.90 Å². The van der Waals surface area contributed by atoms with E-state index in [4.69, 9.17) is 0 Å². The van der Waals surface area contributed by atoms with Crippen LogP contribution in [-0.4, -0.2) is 0 Å². The number of hydrogen-bond donors (Lipinski definition) is 0. The standard InChI is InChI=1S/C52H41N/c1-51(2)46-21-10-7-16-40(46)42-31-27-37(33-48(42)51)35-24-28-38(29-25-35)53(39-30-26-34-14-5-6-15-36(34)32-39)49-23-12-9-18-43(49)45-20-13-19-44-41-17-8-11-22-47(41)52(3,4)50(44)45/h5-33H,1-4H3. The Bertz CT molecular complexity index is 2730. The molecule has 1 heteroatoms. The number of nitrogens with zero attached hydrogens (tertiary/aromatic N) is 1. The molecule has 53 heavy (non-hydrogen) atoms. The van der Waals surface area contributed by atoms with Gasteiger partial charge in [-0.25, -0.2) is 0 Å². The maximum Gasteiger partial charge on any atom is 0.0540 e. The van der Waals surface area contributed by atoms with Crippen LogP contribution in [0.4, 0.5) is 17.1 Å². The molecule has 8 aromatic rings. The summed E-state index contributed by atoms with van der Waals surface area (Å²) in [5.74, 6) is 0. The molecule has 0 heterocycles. The van der Waals surface area contributed by atoms with Crippen LogP contribution in [0, 0.1) is 0 Å². The fourth-order valence-electron chi connectivity index (χ4n) is 9.40. The van der Waals surface area contributed by atoms with Gasteiger partial charge in [0.25, 0.3) is 0 Å². The predicted molar refractivity (Wildman–Crippen MR) is 225 cm³/mol. The molecule has 0 aromatic heterocycles. The zero-order valence-corrected chi connectivity index (χ0v) is 30.7. The lowest BCUT2D eigenvalue weighted by molar-refractivity contribution is 0.660. The van der Waals surface area contributed by atoms with Crippen molar-refractivity contribution >= 4 is 27.8 Å². The van der Waals surface area contributed by atoms with E-state index in [1.54, 1.807) is 0 Å². The molecule has 0 radical (unpaired) electrons. The number of anilines is 3. The highest BCUT2D eigenvalue weighted by molar-refractivity contribution is 5.96. The Balaban J connectivity index is 1.12. The topological polar surface area (TPSA) is 3.24 Å². The summed E-state index contributed by atoms with van der Waals surface area (Å²) in [5.41, 5.74) is 19.2. The van der Waals surface area contributed by atoms with E-state index >= 15 is 0 Å². The van der Waals surface area contributed by atoms with Gasteiger partial charge >= 0.3 is 0 Å². The highest BCUT2D eigenvalue weighted by Gasteiger charge is 2.38. The Kier molecular flexibility index (Phi) is 6.94. The van der Waals surface area contributed by atoms with E-state index in [0.29, 0.717) is 0 Å². The maximum absolute atomic E-state index is 2.45. The first-order valence-corrected chi connectivity index (χ1v) is 18.8. The van der Waals surface area contributed by atoms with Crippen LogP contribution >= 0.6 is 0 Å². The van der Waals surface area contributed by atoms with Gasteiger partial charge in [-0.05, 0) is 108 Å². The molecule has 2 aliphatic carbocycles. The van der Waals surface area contributed by atoms with Crippen molar-refractivity contribution in [2.45, 2.75) is 38.5 Å². The average Bonchev–Trinajstić information content (AvgIpc) is 3.58. The second-order valence-electron chi connectivity index (χ2n) is 15.8. The van der Waals surface area contributed by atoms with Crippen molar-refractivity contribution in [2.75, 3.05) is 4.90 Å². The van der Waals surface area contributed by atoms with Gasteiger partial charge in [0.15, 0.2) is 0 Å². The summed E-state index contributed by atoms with van der Waals surface area (Å²) < 4.78 is 0. The van der Waals surface area contributed by atoms with Crippen LogP contribution in [0.15, 0.2) is 176 Å². The fourth-order valence-corrected chi connectivity index (χ4v) is 9.40. The summed E-state index contributed by atoms with van der Waals surface area (Å²) >= 11 is 0. The normalized spacial score (nSPS) is 14.3. The Hall–Kier alpha value is -6.18. The largest absolute Gasteiger partial charge is 0.310 e. The number of fused-ring (bicyclic) bond motifs is 7. The van der Waals surface area contributed by atoms with Crippen molar-refractivity contribution < 1.29 is 0 Å². The monoisotopic (exact) mass is 679 g/mol. The third kappa shape index (κ3) is 4.77. The van der Waals surface area contributed by atoms with Gasteiger partial charge in [0.1, 0.15) is 0 Å². The molecule has 0 aliphatic heterocycles. The van der Waals surface area contributed by atoms with Crippen LogP contribution in [0.25, 0.3) is 55.3 Å². The molecule has 254 valence electrons. The summed E-state index contributed by atoms with van der Waals surface area (Å²) in [4.78, 5) is 2.45. The Morgan fingerprint density at radius 2 is 0.868 bits per heavy atom. The molecule has 0 unspecified atom stereocenters. The highest BCUT2D eigenvalue weighted by Crippen LogP contribution is 2.54. The van der Waals surface area contributed by atoms with Gasteiger partial charge in [-0.15, -0.1) is 0 Å². The molecule has 0 amide bonds. The molecule has 0 atom stereocenters. The summed E-state index contributed by atoms with van der Waals surface area (Å²) in [6, 6.07) is 65.3. The lowest BCUT2D eigenvalue weighted by Crippen LogP contribution is -2.17. The number of hydrogen-bond acceptors (Lipinski definition) is 1. The van der Waals surface area contributed by atoms with Crippen LogP contribution in [-0.2, 0) is 10.8 Å². The van der Waals surface area contributed by atoms with E-state index in [1.807, 2.05) is 0 Å². The SMILES string of the molecule is CC1(C)c2ccccc2-c2ccc(-c3ccc(N(c4ccc5ccccc5c4)c4ccccc4-c4cccc5c4C(C)(C)c4ccccc4-5)cc3)cc21. The van der Waals surface area contributed by atoms with E-state index in [1.165, 1.54) is 77.5 Å². The molecule has 0 fully saturated rings. The minimum absolute atomic E-state index is 0.0357. The molecule has 0 saturated heterocycles. The van der Waals surface area contributed by atoms with E-state index in [0.717, 1.165) is 17.1 Å². The number of para-hydroxylation sites is 1. The number of benzene rings is 8. The molecule has 0 bridgehead atoms. The van der Waals surface area contributed by atoms with Crippen molar-refractivity contribution in [2.24, 2.45) is 0 Å². The minimum atomic E-state index is -0.128. The molecule has 2 aliphatic rings. The Morgan fingerprint density at radius 3 is 1.62 bits per heavy atom. The van der Waals surface area contributed by atoms with Gasteiger partial charge in [0, 0.05) is 27.8 Å². The molecular weight excluding hydrogens is 639 g/mol. The second kappa shape index (κ2) is 11.7. The van der Waals surface area contributed by atoms with Gasteiger partial charge in [-0.3, -0.25) is 0 Å². The van der Waals surface area contributed by atoms with Crippen molar-refractivity contribution in [1.82, 2.24) is 0 Å². The lowest BCUT2D eigenvalue weighted by Gasteiger charge is -2.30. The molecule has 0 spiro atoms. The second-order valence-corrected chi connectivity index (χ2v) is 15.8. The van der Waals surface area contributed by atoms with Crippen molar-refractivity contribution in [3.05, 3.63) is 198 Å². The number of rotatable bonds is 5. The first-order chi connectivity index (χ1) is 25.8. The van der Waals surface area contributed by atoms with Crippen LogP contribution in [0.5, 0.6) is 0 Å². The molecule has 0 saturated carbocycles. The van der Waals surface area contributed by atoms with Gasteiger partial charge in [-0.1, -0.05) is 167 Å². The Morgan fingerprint density at radius 1 is 0.340 bits per heavy atom. The third-order valence-corrected chi connectivity index (χ3v) is 12.0. The summed E-state index contributed by atoms with van der Waals surface area (Å²) in [5, 5.41) is 2.46. The third-order valence-electron chi connectivity index (χ3n) is 12.0. The lowest BCUT2D eigenvalue weighted by atomic mass is 9.78. The molecule has 10 rings (SSSR count). The van der Waals surface area contributed by atoms with Crippen LogP contribution in [0.2, 0.25) is 0 Å². The van der Waals surface area contributed by atoms with Crippen molar-refractivity contribution in [3.63, 3.8) is 0 Å².